The third-order valence-electron chi connectivity index (χ3n) is 5.69. The molecule has 1 atom stereocenters. The van der Waals surface area contributed by atoms with Crippen molar-refractivity contribution in [2.24, 2.45) is 5.92 Å². The molecule has 5 nitrogen and oxygen atoms in total. The molecule has 0 bridgehead atoms. The molecule has 1 unspecified atom stereocenters. The van der Waals surface area contributed by atoms with Crippen molar-refractivity contribution in [1.82, 2.24) is 15.1 Å². The number of hydrogen-bond acceptors (Lipinski definition) is 4. The largest absolute Gasteiger partial charge is 0.393 e. The molecule has 3 rings (SSSR count). The number of nitrogens with zero attached hydrogens (tertiary/aromatic N) is 2. The molecule has 0 radical (unpaired) electrons. The molecule has 1 amide bonds. The first-order chi connectivity index (χ1) is 12.0. The first kappa shape index (κ1) is 18.4. The lowest BCUT2D eigenvalue weighted by molar-refractivity contribution is 0.0232. The molecule has 2 N–H and O–H groups in total. The van der Waals surface area contributed by atoms with E-state index in [1.165, 1.54) is 5.56 Å². The first-order valence-corrected chi connectivity index (χ1v) is 9.54. The molecule has 25 heavy (non-hydrogen) atoms. The normalized spacial score (nSPS) is 26.0. The lowest BCUT2D eigenvalue weighted by Gasteiger charge is -2.37. The lowest BCUT2D eigenvalue weighted by Crippen LogP contribution is -2.46. The second kappa shape index (κ2) is 8.30. The molecule has 1 saturated heterocycles. The van der Waals surface area contributed by atoms with E-state index in [0.29, 0.717) is 5.92 Å². The minimum Gasteiger partial charge on any atom is -0.393 e. The summed E-state index contributed by atoms with van der Waals surface area (Å²) >= 11 is 0. The molecule has 5 heteroatoms. The Labute approximate surface area is 151 Å². The van der Waals surface area contributed by atoms with Crippen LogP contribution in [-0.4, -0.2) is 66.2 Å². The number of rotatable bonds is 6. The van der Waals surface area contributed by atoms with Crippen molar-refractivity contribution in [2.75, 3.05) is 33.2 Å². The summed E-state index contributed by atoms with van der Waals surface area (Å²) < 4.78 is 0. The van der Waals surface area contributed by atoms with E-state index in [1.807, 2.05) is 12.1 Å². The van der Waals surface area contributed by atoms with E-state index in [2.05, 4.69) is 41.2 Å². The van der Waals surface area contributed by atoms with Gasteiger partial charge in [0.25, 0.3) is 5.91 Å². The van der Waals surface area contributed by atoms with E-state index < -0.39 is 0 Å². The smallest absolute Gasteiger partial charge is 0.251 e. The highest BCUT2D eigenvalue weighted by Gasteiger charge is 2.33. The van der Waals surface area contributed by atoms with Crippen LogP contribution in [0, 0.1) is 5.92 Å². The average molecular weight is 345 g/mol. The fourth-order valence-corrected chi connectivity index (χ4v) is 3.79. The third kappa shape index (κ3) is 4.81. The standard InChI is InChI=1S/C20H31N3O2/c1-3-19(17-12-18(24)13-17)21-20(25)16-6-4-15(5-7-16)14-23-10-8-22(2)9-11-23/h4-7,17-19,24H,3,8-14H2,1-2H3,(H,21,25). The second-order valence-electron chi connectivity index (χ2n) is 7.65. The summed E-state index contributed by atoms with van der Waals surface area (Å²) in [5, 5.41) is 12.6. The molecule has 2 aliphatic rings. The van der Waals surface area contributed by atoms with Crippen LogP contribution >= 0.6 is 0 Å². The minimum atomic E-state index is -0.176. The van der Waals surface area contributed by atoms with Gasteiger partial charge >= 0.3 is 0 Å². The van der Waals surface area contributed by atoms with Gasteiger partial charge in [0, 0.05) is 44.3 Å². The lowest BCUT2D eigenvalue weighted by atomic mass is 9.76. The first-order valence-electron chi connectivity index (χ1n) is 9.54. The maximum absolute atomic E-state index is 12.5. The van der Waals surface area contributed by atoms with Gasteiger partial charge in [-0.1, -0.05) is 19.1 Å². The Bertz CT molecular complexity index is 561. The third-order valence-corrected chi connectivity index (χ3v) is 5.69. The van der Waals surface area contributed by atoms with Crippen molar-refractivity contribution in [1.29, 1.82) is 0 Å². The van der Waals surface area contributed by atoms with Crippen LogP contribution in [0.2, 0.25) is 0 Å². The zero-order valence-corrected chi connectivity index (χ0v) is 15.4. The zero-order valence-electron chi connectivity index (χ0n) is 15.4. The summed E-state index contributed by atoms with van der Waals surface area (Å²) in [5.74, 6) is 0.417. The van der Waals surface area contributed by atoms with Crippen molar-refractivity contribution in [3.63, 3.8) is 0 Å². The molecule has 0 aromatic heterocycles. The predicted octanol–water partition coefficient (Wildman–Crippen LogP) is 1.71. The van der Waals surface area contributed by atoms with Crippen LogP contribution in [0.1, 0.15) is 42.1 Å². The summed E-state index contributed by atoms with van der Waals surface area (Å²) in [6.45, 7) is 7.49. The van der Waals surface area contributed by atoms with Crippen LogP contribution in [0.3, 0.4) is 0 Å². The second-order valence-corrected chi connectivity index (χ2v) is 7.65. The Morgan fingerprint density at radius 2 is 1.84 bits per heavy atom. The van der Waals surface area contributed by atoms with E-state index in [4.69, 9.17) is 0 Å². The zero-order chi connectivity index (χ0) is 17.8. The number of benzene rings is 1. The van der Waals surface area contributed by atoms with E-state index >= 15 is 0 Å². The fraction of sp³-hybridized carbons (Fsp3) is 0.650. The number of nitrogens with one attached hydrogen (secondary N) is 1. The van der Waals surface area contributed by atoms with Gasteiger partial charge in [0.1, 0.15) is 0 Å². The van der Waals surface area contributed by atoms with Crippen molar-refractivity contribution in [3.8, 4) is 0 Å². The van der Waals surface area contributed by atoms with Crippen molar-refractivity contribution >= 4 is 5.91 Å². The number of carbonyl (C=O) groups is 1. The Morgan fingerprint density at radius 3 is 2.40 bits per heavy atom. The van der Waals surface area contributed by atoms with Gasteiger partial charge in [-0.3, -0.25) is 9.69 Å². The van der Waals surface area contributed by atoms with Crippen LogP contribution < -0.4 is 5.32 Å². The number of piperazine rings is 1. The topological polar surface area (TPSA) is 55.8 Å². The highest BCUT2D eigenvalue weighted by atomic mass is 16.3. The molecule has 1 saturated carbocycles. The molecule has 138 valence electrons. The number of carbonyl (C=O) groups excluding carboxylic acids is 1. The van der Waals surface area contributed by atoms with E-state index in [0.717, 1.165) is 57.5 Å². The summed E-state index contributed by atoms with van der Waals surface area (Å²) in [4.78, 5) is 17.3. The quantitative estimate of drug-likeness (QED) is 0.824. The number of aliphatic hydroxyl groups is 1. The molecule has 1 heterocycles. The highest BCUT2D eigenvalue weighted by Crippen LogP contribution is 2.31. The molecule has 1 aliphatic carbocycles. The molecule has 1 aromatic carbocycles. The maximum Gasteiger partial charge on any atom is 0.251 e. The SMILES string of the molecule is CCC(NC(=O)c1ccc(CN2CCN(C)CC2)cc1)C1CC(O)C1. The summed E-state index contributed by atoms with van der Waals surface area (Å²) in [6.07, 6.45) is 2.35. The van der Waals surface area contributed by atoms with E-state index in [1.54, 1.807) is 0 Å². The summed E-state index contributed by atoms with van der Waals surface area (Å²) in [7, 11) is 2.17. The Kier molecular flexibility index (Phi) is 6.10. The van der Waals surface area contributed by atoms with Crippen LogP contribution in [0.15, 0.2) is 24.3 Å². The Hall–Kier alpha value is -1.43. The van der Waals surface area contributed by atoms with E-state index in [-0.39, 0.29) is 18.1 Å². The molecular weight excluding hydrogens is 314 g/mol. The van der Waals surface area contributed by atoms with Crippen LogP contribution in [0.25, 0.3) is 0 Å². The van der Waals surface area contributed by atoms with Crippen LogP contribution in [-0.2, 0) is 6.54 Å². The fourth-order valence-electron chi connectivity index (χ4n) is 3.79. The molecule has 1 aromatic rings. The van der Waals surface area contributed by atoms with Crippen molar-refractivity contribution in [2.45, 2.75) is 44.9 Å². The predicted molar refractivity (Wildman–Crippen MR) is 99.5 cm³/mol. The minimum absolute atomic E-state index is 0.000568. The molecule has 1 aliphatic heterocycles. The van der Waals surface area contributed by atoms with Gasteiger partial charge in [-0.15, -0.1) is 0 Å². The van der Waals surface area contributed by atoms with Gasteiger partial charge < -0.3 is 15.3 Å². The number of aliphatic hydroxyl groups excluding tert-OH is 1. The molecule has 0 spiro atoms. The highest BCUT2D eigenvalue weighted by molar-refractivity contribution is 5.94. The van der Waals surface area contributed by atoms with Crippen LogP contribution in [0.5, 0.6) is 0 Å². The van der Waals surface area contributed by atoms with Gasteiger partial charge in [0.05, 0.1) is 6.10 Å². The Morgan fingerprint density at radius 1 is 1.20 bits per heavy atom. The van der Waals surface area contributed by atoms with Gasteiger partial charge in [-0.05, 0) is 49.9 Å². The summed E-state index contributed by atoms with van der Waals surface area (Å²) in [6, 6.07) is 8.18. The average Bonchev–Trinajstić information content (AvgIpc) is 2.59. The number of amides is 1. The van der Waals surface area contributed by atoms with Gasteiger partial charge in [-0.2, -0.15) is 0 Å². The van der Waals surface area contributed by atoms with Crippen molar-refractivity contribution < 1.29 is 9.90 Å². The van der Waals surface area contributed by atoms with Crippen LogP contribution in [0.4, 0.5) is 0 Å². The number of hydrogen-bond donors (Lipinski definition) is 2. The van der Waals surface area contributed by atoms with Crippen molar-refractivity contribution in [3.05, 3.63) is 35.4 Å². The molecular formula is C20H31N3O2. The summed E-state index contributed by atoms with van der Waals surface area (Å²) in [5.41, 5.74) is 1.98. The number of likely N-dealkylation sites (N-methyl/N-ethyl adjacent to an activating group) is 1. The van der Waals surface area contributed by atoms with E-state index in [9.17, 15) is 9.90 Å². The van der Waals surface area contributed by atoms with Gasteiger partial charge in [-0.25, -0.2) is 0 Å². The monoisotopic (exact) mass is 345 g/mol. The van der Waals surface area contributed by atoms with Gasteiger partial charge in [0.15, 0.2) is 0 Å². The maximum atomic E-state index is 12.5. The molecule has 2 fully saturated rings. The van der Waals surface area contributed by atoms with Gasteiger partial charge in [0.2, 0.25) is 0 Å². The Balaban J connectivity index is 1.51.